The van der Waals surface area contributed by atoms with Crippen LogP contribution in [0.4, 0.5) is 5.69 Å². The summed E-state index contributed by atoms with van der Waals surface area (Å²) < 4.78 is 10.5. The van der Waals surface area contributed by atoms with Gasteiger partial charge in [0.25, 0.3) is 11.8 Å². The molecule has 126 valence electrons. The number of hydrogen-bond donors (Lipinski definition) is 3. The molecule has 1 aliphatic heterocycles. The maximum atomic E-state index is 11.9. The molecule has 0 unspecified atom stereocenters. The number of rotatable bonds is 7. The van der Waals surface area contributed by atoms with Gasteiger partial charge in [-0.3, -0.25) is 9.59 Å². The number of anilines is 1. The van der Waals surface area contributed by atoms with Gasteiger partial charge in [-0.05, 0) is 24.3 Å². The van der Waals surface area contributed by atoms with Crippen molar-refractivity contribution in [2.45, 2.75) is 0 Å². The van der Waals surface area contributed by atoms with Crippen molar-refractivity contribution in [1.82, 2.24) is 10.6 Å². The fraction of sp³-hybridized carbons (Fsp3) is 0.294. The molecule has 0 spiro atoms. The summed E-state index contributed by atoms with van der Waals surface area (Å²) in [6.07, 6.45) is 1.44. The zero-order valence-electron chi connectivity index (χ0n) is 13.1. The first kappa shape index (κ1) is 16.1. The van der Waals surface area contributed by atoms with Gasteiger partial charge in [0.15, 0.2) is 12.4 Å². The van der Waals surface area contributed by atoms with Crippen LogP contribution in [-0.2, 0) is 4.79 Å². The van der Waals surface area contributed by atoms with Crippen molar-refractivity contribution in [2.24, 2.45) is 5.92 Å². The second kappa shape index (κ2) is 7.65. The van der Waals surface area contributed by atoms with E-state index < -0.39 is 0 Å². The van der Waals surface area contributed by atoms with E-state index in [9.17, 15) is 9.59 Å². The quantitative estimate of drug-likeness (QED) is 0.711. The lowest BCUT2D eigenvalue weighted by molar-refractivity contribution is -0.123. The molecule has 1 fully saturated rings. The standard InChI is InChI=1S/C17H19N3O4/c21-16(19-10-12-8-18-9-12)11-24-14-4-1-3-13(7-14)20-17(22)15-5-2-6-23-15/h1-7,12,18H,8-11H2,(H,19,21)(H,20,22). The van der Waals surface area contributed by atoms with Crippen molar-refractivity contribution in [2.75, 3.05) is 31.6 Å². The molecular formula is C17H19N3O4. The Hall–Kier alpha value is -2.80. The predicted molar refractivity (Wildman–Crippen MR) is 88.0 cm³/mol. The molecule has 0 saturated carbocycles. The van der Waals surface area contributed by atoms with Gasteiger partial charge in [0, 0.05) is 37.3 Å². The minimum Gasteiger partial charge on any atom is -0.484 e. The van der Waals surface area contributed by atoms with Crippen LogP contribution in [0, 0.1) is 5.92 Å². The van der Waals surface area contributed by atoms with Crippen LogP contribution in [0.5, 0.6) is 5.75 Å². The van der Waals surface area contributed by atoms with Crippen molar-refractivity contribution < 1.29 is 18.7 Å². The second-order valence-electron chi connectivity index (χ2n) is 5.58. The Labute approximate surface area is 139 Å². The Bertz CT molecular complexity index is 696. The van der Waals surface area contributed by atoms with E-state index in [1.165, 1.54) is 6.26 Å². The Morgan fingerprint density at radius 2 is 2.12 bits per heavy atom. The predicted octanol–water partition coefficient (Wildman–Crippen LogP) is 1.25. The monoisotopic (exact) mass is 329 g/mol. The zero-order valence-corrected chi connectivity index (χ0v) is 13.1. The minimum absolute atomic E-state index is 0.0598. The average molecular weight is 329 g/mol. The van der Waals surface area contributed by atoms with Gasteiger partial charge >= 0.3 is 0 Å². The van der Waals surface area contributed by atoms with Crippen molar-refractivity contribution in [3.05, 3.63) is 48.4 Å². The number of amides is 2. The Kier molecular flexibility index (Phi) is 5.12. The normalized spacial score (nSPS) is 13.8. The highest BCUT2D eigenvalue weighted by Crippen LogP contribution is 2.18. The minimum atomic E-state index is -0.344. The fourth-order valence-electron chi connectivity index (χ4n) is 2.21. The lowest BCUT2D eigenvalue weighted by atomic mass is 10.0. The smallest absolute Gasteiger partial charge is 0.291 e. The Morgan fingerprint density at radius 1 is 1.25 bits per heavy atom. The van der Waals surface area contributed by atoms with E-state index in [2.05, 4.69) is 16.0 Å². The van der Waals surface area contributed by atoms with Crippen LogP contribution in [0.3, 0.4) is 0 Å². The lowest BCUT2D eigenvalue weighted by Crippen LogP contribution is -2.48. The van der Waals surface area contributed by atoms with E-state index in [1.54, 1.807) is 36.4 Å². The molecule has 3 N–H and O–H groups in total. The molecule has 2 aromatic rings. The fourth-order valence-corrected chi connectivity index (χ4v) is 2.21. The van der Waals surface area contributed by atoms with Crippen molar-refractivity contribution >= 4 is 17.5 Å². The number of furan rings is 1. The van der Waals surface area contributed by atoms with Crippen molar-refractivity contribution in [3.63, 3.8) is 0 Å². The maximum absolute atomic E-state index is 11.9. The zero-order chi connectivity index (χ0) is 16.8. The first-order valence-corrected chi connectivity index (χ1v) is 7.76. The van der Waals surface area contributed by atoms with Crippen LogP contribution in [-0.4, -0.2) is 38.1 Å². The van der Waals surface area contributed by atoms with Gasteiger partial charge in [-0.15, -0.1) is 0 Å². The number of nitrogens with one attached hydrogen (secondary N) is 3. The number of hydrogen-bond acceptors (Lipinski definition) is 5. The van der Waals surface area contributed by atoms with E-state index in [1.807, 2.05) is 0 Å². The van der Waals surface area contributed by atoms with E-state index in [-0.39, 0.29) is 24.2 Å². The summed E-state index contributed by atoms with van der Waals surface area (Å²) in [6.45, 7) is 2.49. The summed E-state index contributed by atoms with van der Waals surface area (Å²) in [7, 11) is 0. The maximum Gasteiger partial charge on any atom is 0.291 e. The summed E-state index contributed by atoms with van der Waals surface area (Å²) in [4.78, 5) is 23.7. The Morgan fingerprint density at radius 3 is 2.83 bits per heavy atom. The summed E-state index contributed by atoms with van der Waals surface area (Å²) in [5.41, 5.74) is 0.565. The highest BCUT2D eigenvalue weighted by Gasteiger charge is 2.17. The third-order valence-corrected chi connectivity index (χ3v) is 3.66. The number of benzene rings is 1. The molecule has 0 aliphatic carbocycles. The van der Waals surface area contributed by atoms with Crippen molar-refractivity contribution in [1.29, 1.82) is 0 Å². The molecular weight excluding hydrogens is 310 g/mol. The number of carbonyl (C=O) groups is 2. The topological polar surface area (TPSA) is 92.6 Å². The third kappa shape index (κ3) is 4.36. The molecule has 1 aliphatic rings. The molecule has 7 nitrogen and oxygen atoms in total. The summed E-state index contributed by atoms with van der Waals surface area (Å²) >= 11 is 0. The molecule has 24 heavy (non-hydrogen) atoms. The number of carbonyl (C=O) groups excluding carboxylic acids is 2. The van der Waals surface area contributed by atoms with Crippen LogP contribution in [0.2, 0.25) is 0 Å². The highest BCUT2D eigenvalue weighted by atomic mass is 16.5. The van der Waals surface area contributed by atoms with Gasteiger partial charge < -0.3 is 25.1 Å². The summed E-state index contributed by atoms with van der Waals surface area (Å²) in [5, 5.41) is 8.69. The van der Waals surface area contributed by atoms with E-state index in [0.29, 0.717) is 23.9 Å². The van der Waals surface area contributed by atoms with E-state index in [0.717, 1.165) is 13.1 Å². The SMILES string of the molecule is O=C(COc1cccc(NC(=O)c2ccco2)c1)NCC1CNC1. The molecule has 3 rings (SSSR count). The largest absolute Gasteiger partial charge is 0.484 e. The molecule has 1 aromatic heterocycles. The van der Waals surface area contributed by atoms with Gasteiger partial charge in [-0.25, -0.2) is 0 Å². The molecule has 7 heteroatoms. The first-order valence-electron chi connectivity index (χ1n) is 7.76. The molecule has 1 aromatic carbocycles. The van der Waals surface area contributed by atoms with Crippen LogP contribution in [0.25, 0.3) is 0 Å². The molecule has 0 atom stereocenters. The second-order valence-corrected chi connectivity index (χ2v) is 5.58. The van der Waals surface area contributed by atoms with Gasteiger partial charge in [0.2, 0.25) is 0 Å². The van der Waals surface area contributed by atoms with E-state index >= 15 is 0 Å². The van der Waals surface area contributed by atoms with Crippen LogP contribution in [0.1, 0.15) is 10.6 Å². The first-order chi connectivity index (χ1) is 11.7. The Balaban J connectivity index is 1.47. The van der Waals surface area contributed by atoms with Crippen LogP contribution >= 0.6 is 0 Å². The summed E-state index contributed by atoms with van der Waals surface area (Å²) in [6, 6.07) is 10.1. The van der Waals surface area contributed by atoms with Crippen LogP contribution < -0.4 is 20.7 Å². The molecule has 0 radical (unpaired) electrons. The molecule has 1 saturated heterocycles. The van der Waals surface area contributed by atoms with Gasteiger partial charge in [0.1, 0.15) is 5.75 Å². The van der Waals surface area contributed by atoms with Crippen LogP contribution in [0.15, 0.2) is 47.1 Å². The molecule has 2 amide bonds. The third-order valence-electron chi connectivity index (χ3n) is 3.66. The summed E-state index contributed by atoms with van der Waals surface area (Å²) in [5.74, 6) is 0.740. The number of ether oxygens (including phenoxy) is 1. The lowest BCUT2D eigenvalue weighted by Gasteiger charge is -2.27. The molecule has 2 heterocycles. The highest BCUT2D eigenvalue weighted by molar-refractivity contribution is 6.02. The van der Waals surface area contributed by atoms with E-state index in [4.69, 9.17) is 9.15 Å². The molecule has 0 bridgehead atoms. The van der Waals surface area contributed by atoms with Crippen molar-refractivity contribution in [3.8, 4) is 5.75 Å². The van der Waals surface area contributed by atoms with Gasteiger partial charge in [-0.1, -0.05) is 6.07 Å². The average Bonchev–Trinajstić information content (AvgIpc) is 3.06. The van der Waals surface area contributed by atoms with Gasteiger partial charge in [0.05, 0.1) is 6.26 Å². The van der Waals surface area contributed by atoms with Gasteiger partial charge in [-0.2, -0.15) is 0 Å².